The van der Waals surface area contributed by atoms with E-state index >= 15 is 0 Å². The van der Waals surface area contributed by atoms with Gasteiger partial charge in [0.15, 0.2) is 0 Å². The molecule has 0 radical (unpaired) electrons. The second kappa shape index (κ2) is 16.0. The van der Waals surface area contributed by atoms with Crippen molar-refractivity contribution < 1.29 is 69.5 Å². The molecular formula is C16H33KO4S. The van der Waals surface area contributed by atoms with Crippen molar-refractivity contribution in [1.82, 2.24) is 0 Å². The Labute approximate surface area is 180 Å². The summed E-state index contributed by atoms with van der Waals surface area (Å²) in [6, 6.07) is 0. The van der Waals surface area contributed by atoms with Crippen molar-refractivity contribution in [1.29, 1.82) is 0 Å². The first-order valence-corrected chi connectivity index (χ1v) is 9.97. The van der Waals surface area contributed by atoms with Gasteiger partial charge in [0.2, 0.25) is 0 Å². The third-order valence-corrected chi connectivity index (χ3v) is 5.25. The zero-order valence-corrected chi connectivity index (χ0v) is 18.7. The van der Waals surface area contributed by atoms with Crippen LogP contribution in [0.5, 0.6) is 0 Å². The van der Waals surface area contributed by atoms with Gasteiger partial charge >= 0.3 is 51.4 Å². The van der Waals surface area contributed by atoms with Crippen LogP contribution in [-0.4, -0.2) is 29.4 Å². The first-order chi connectivity index (χ1) is 9.88. The normalized spacial score (nSPS) is 14.4. The van der Waals surface area contributed by atoms with Crippen molar-refractivity contribution >= 4 is 10.1 Å². The molecule has 0 aliphatic carbocycles. The number of unbranched alkanes of at least 4 members (excludes halogenated alkanes) is 7. The van der Waals surface area contributed by atoms with E-state index < -0.39 is 15.4 Å². The fourth-order valence-electron chi connectivity index (χ4n) is 2.44. The van der Waals surface area contributed by atoms with Gasteiger partial charge in [-0.1, -0.05) is 58.3 Å². The zero-order valence-electron chi connectivity index (χ0n) is 14.7. The third kappa shape index (κ3) is 16.4. The van der Waals surface area contributed by atoms with Crippen LogP contribution in [0.2, 0.25) is 0 Å². The van der Waals surface area contributed by atoms with Crippen LogP contribution < -0.4 is 51.4 Å². The predicted molar refractivity (Wildman–Crippen MR) is 86.2 cm³/mol. The van der Waals surface area contributed by atoms with Crippen LogP contribution in [0.3, 0.4) is 0 Å². The van der Waals surface area contributed by atoms with Crippen LogP contribution in [0.4, 0.5) is 0 Å². The second-order valence-electron chi connectivity index (χ2n) is 6.15. The van der Waals surface area contributed by atoms with E-state index in [4.69, 9.17) is 0 Å². The van der Waals surface area contributed by atoms with E-state index in [0.717, 1.165) is 19.3 Å². The molecule has 0 saturated carbocycles. The minimum Gasteiger partial charge on any atom is -0.748 e. The molecule has 0 aromatic carbocycles. The van der Waals surface area contributed by atoms with Crippen molar-refractivity contribution in [2.75, 3.05) is 0 Å². The molecule has 0 aromatic rings. The second-order valence-corrected chi connectivity index (χ2v) is 7.94. The molecule has 0 saturated heterocycles. The van der Waals surface area contributed by atoms with E-state index in [0.29, 0.717) is 19.3 Å². The summed E-state index contributed by atoms with van der Waals surface area (Å²) in [6.45, 7) is 3.65. The molecule has 0 rings (SSSR count). The van der Waals surface area contributed by atoms with Crippen LogP contribution in [-0.2, 0) is 10.1 Å². The Morgan fingerprint density at radius 1 is 0.864 bits per heavy atom. The first-order valence-electron chi connectivity index (χ1n) is 8.50. The van der Waals surface area contributed by atoms with Crippen molar-refractivity contribution in [3.63, 3.8) is 0 Å². The van der Waals surface area contributed by atoms with Crippen LogP contribution in [0.15, 0.2) is 0 Å². The van der Waals surface area contributed by atoms with Gasteiger partial charge in [0.25, 0.3) is 0 Å². The number of aliphatic hydroxyl groups is 1. The molecule has 1 N–H and O–H groups in total. The van der Waals surface area contributed by atoms with Gasteiger partial charge in [-0.2, -0.15) is 0 Å². The molecule has 22 heavy (non-hydrogen) atoms. The van der Waals surface area contributed by atoms with Crippen LogP contribution >= 0.6 is 0 Å². The smallest absolute Gasteiger partial charge is 0.748 e. The molecule has 0 heterocycles. The molecule has 4 nitrogen and oxygen atoms in total. The third-order valence-electron chi connectivity index (χ3n) is 4.03. The predicted octanol–water partition coefficient (Wildman–Crippen LogP) is 0.986. The molecule has 2 unspecified atom stereocenters. The molecule has 0 bridgehead atoms. The van der Waals surface area contributed by atoms with Crippen LogP contribution in [0.1, 0.15) is 90.9 Å². The molecule has 128 valence electrons. The average Bonchev–Trinajstić information content (AvgIpc) is 2.40. The summed E-state index contributed by atoms with van der Waals surface area (Å²) in [5.74, 6) is 0. The van der Waals surface area contributed by atoms with Gasteiger partial charge in [-0.25, -0.2) is 8.42 Å². The van der Waals surface area contributed by atoms with E-state index in [1.807, 2.05) is 0 Å². The van der Waals surface area contributed by atoms with Crippen molar-refractivity contribution in [2.45, 2.75) is 102 Å². The first kappa shape index (κ1) is 25.7. The topological polar surface area (TPSA) is 77.4 Å². The molecule has 2 atom stereocenters. The van der Waals surface area contributed by atoms with Gasteiger partial charge in [-0.05, 0) is 32.6 Å². The molecule has 0 aliphatic heterocycles. The standard InChI is InChI=1S/C16H34O4S.K/c1-3-4-5-6-7-8-9-10-13-16(17)14-11-12-15(2)21(18,19)20;/h15-17H,3-14H2,1-2H3,(H,18,19,20);/q;+1/p-1. The molecule has 0 spiro atoms. The number of hydrogen-bond acceptors (Lipinski definition) is 4. The van der Waals surface area contributed by atoms with E-state index in [-0.39, 0.29) is 57.5 Å². The zero-order chi connectivity index (χ0) is 16.1. The van der Waals surface area contributed by atoms with E-state index in [1.165, 1.54) is 45.4 Å². The molecule has 6 heteroatoms. The van der Waals surface area contributed by atoms with E-state index in [2.05, 4.69) is 6.92 Å². The summed E-state index contributed by atoms with van der Waals surface area (Å²) in [6.07, 6.45) is 11.9. The minimum atomic E-state index is -4.17. The Morgan fingerprint density at radius 3 is 1.82 bits per heavy atom. The fourth-order valence-corrected chi connectivity index (χ4v) is 2.90. The molecule has 0 amide bonds. The largest absolute Gasteiger partial charge is 1.00 e. The SMILES string of the molecule is CCCCCCCCCCC(O)CCCC(C)S(=O)(=O)[O-].[K+]. The maximum Gasteiger partial charge on any atom is 1.00 e. The van der Waals surface area contributed by atoms with Crippen LogP contribution in [0, 0.1) is 0 Å². The Bertz CT molecular complexity index is 333. The van der Waals surface area contributed by atoms with Gasteiger partial charge in [0.05, 0.1) is 16.2 Å². The molecular weight excluding hydrogens is 327 g/mol. The summed E-state index contributed by atoms with van der Waals surface area (Å²) in [5, 5.41) is 8.97. The summed E-state index contributed by atoms with van der Waals surface area (Å²) >= 11 is 0. The number of rotatable bonds is 14. The number of hydrogen-bond donors (Lipinski definition) is 1. The van der Waals surface area contributed by atoms with Gasteiger partial charge in [-0.15, -0.1) is 0 Å². The van der Waals surface area contributed by atoms with Crippen molar-refractivity contribution in [3.8, 4) is 0 Å². The van der Waals surface area contributed by atoms with Gasteiger partial charge in [-0.3, -0.25) is 0 Å². The summed E-state index contributed by atoms with van der Waals surface area (Å²) in [7, 11) is -4.17. The monoisotopic (exact) mass is 360 g/mol. The summed E-state index contributed by atoms with van der Waals surface area (Å²) in [4.78, 5) is 0. The number of aliphatic hydroxyl groups excluding tert-OH is 1. The Balaban J connectivity index is 0. The minimum absolute atomic E-state index is 0. The Hall–Kier alpha value is 1.51. The summed E-state index contributed by atoms with van der Waals surface area (Å²) < 4.78 is 32.2. The van der Waals surface area contributed by atoms with E-state index in [9.17, 15) is 18.1 Å². The fraction of sp³-hybridized carbons (Fsp3) is 1.00. The summed E-state index contributed by atoms with van der Waals surface area (Å²) in [5.41, 5.74) is 0. The van der Waals surface area contributed by atoms with Gasteiger partial charge in [0.1, 0.15) is 0 Å². The maximum absolute atomic E-state index is 10.7. The average molecular weight is 361 g/mol. The molecule has 0 aromatic heterocycles. The van der Waals surface area contributed by atoms with Gasteiger partial charge in [0, 0.05) is 5.25 Å². The quantitative estimate of drug-likeness (QED) is 0.285. The Kier molecular flexibility index (Phi) is 18.7. The van der Waals surface area contributed by atoms with Crippen molar-refractivity contribution in [2.24, 2.45) is 0 Å². The molecule has 0 fully saturated rings. The van der Waals surface area contributed by atoms with Crippen LogP contribution in [0.25, 0.3) is 0 Å². The maximum atomic E-state index is 10.7. The van der Waals surface area contributed by atoms with Gasteiger partial charge < -0.3 is 9.66 Å². The van der Waals surface area contributed by atoms with Crippen molar-refractivity contribution in [3.05, 3.63) is 0 Å². The Morgan fingerprint density at radius 2 is 1.32 bits per heavy atom. The van der Waals surface area contributed by atoms with E-state index in [1.54, 1.807) is 0 Å². The molecule has 0 aliphatic rings.